The predicted octanol–water partition coefficient (Wildman–Crippen LogP) is 5.79. The minimum atomic E-state index is -0.658. The first kappa shape index (κ1) is 19.1. The van der Waals surface area contributed by atoms with Gasteiger partial charge in [-0.25, -0.2) is 0 Å². The van der Waals surface area contributed by atoms with Crippen LogP contribution in [0, 0.1) is 6.92 Å². The molecule has 2 heterocycles. The zero-order valence-corrected chi connectivity index (χ0v) is 17.2. The molecule has 0 spiro atoms. The van der Waals surface area contributed by atoms with Crippen LogP contribution in [0.3, 0.4) is 0 Å². The second-order valence-electron chi connectivity index (χ2n) is 7.54. The minimum Gasteiger partial charge on any atom is -0.464 e. The maximum absolute atomic E-state index is 12.6. The number of benzene rings is 3. The Labute approximate surface area is 178 Å². The highest BCUT2D eigenvalue weighted by molar-refractivity contribution is 6.08. The van der Waals surface area contributed by atoms with Gasteiger partial charge in [-0.3, -0.25) is 4.79 Å². The molecule has 6 nitrogen and oxygen atoms in total. The molecule has 5 aromatic rings. The summed E-state index contributed by atoms with van der Waals surface area (Å²) in [6, 6.07) is 19.7. The SMILES string of the molecule is Cc1ccc(-c2nnc(C(C)OC(=O)Cc3coc4ccc5ccccc5c34)o2)cc1. The molecular weight excluding hydrogens is 392 g/mol. The lowest BCUT2D eigenvalue weighted by molar-refractivity contribution is -0.148. The van der Waals surface area contributed by atoms with E-state index in [1.54, 1.807) is 13.2 Å². The van der Waals surface area contributed by atoms with Gasteiger partial charge in [0, 0.05) is 16.5 Å². The number of ether oxygens (including phenoxy) is 1. The van der Waals surface area contributed by atoms with Gasteiger partial charge < -0.3 is 13.6 Å². The van der Waals surface area contributed by atoms with E-state index in [0.29, 0.717) is 5.89 Å². The van der Waals surface area contributed by atoms with Gasteiger partial charge in [0.15, 0.2) is 6.10 Å². The van der Waals surface area contributed by atoms with Crippen LogP contribution in [0.2, 0.25) is 0 Å². The Morgan fingerprint density at radius 1 is 1.03 bits per heavy atom. The van der Waals surface area contributed by atoms with E-state index in [4.69, 9.17) is 13.6 Å². The van der Waals surface area contributed by atoms with E-state index in [1.165, 1.54) is 0 Å². The van der Waals surface area contributed by atoms with Gasteiger partial charge in [0.05, 0.1) is 12.7 Å². The molecule has 1 unspecified atom stereocenters. The Kier molecular flexibility index (Phi) is 4.75. The van der Waals surface area contributed by atoms with Crippen LogP contribution in [0.5, 0.6) is 0 Å². The number of esters is 1. The summed E-state index contributed by atoms with van der Waals surface area (Å²) in [4.78, 5) is 12.6. The molecule has 154 valence electrons. The molecule has 0 aliphatic rings. The molecule has 6 heteroatoms. The molecule has 5 rings (SSSR count). The molecule has 0 saturated heterocycles. The Hall–Kier alpha value is -3.93. The van der Waals surface area contributed by atoms with Crippen molar-refractivity contribution >= 4 is 27.7 Å². The van der Waals surface area contributed by atoms with E-state index in [0.717, 1.165) is 38.4 Å². The van der Waals surface area contributed by atoms with Crippen LogP contribution in [0.25, 0.3) is 33.2 Å². The molecule has 0 aliphatic carbocycles. The van der Waals surface area contributed by atoms with Gasteiger partial charge in [-0.15, -0.1) is 10.2 Å². The van der Waals surface area contributed by atoms with Gasteiger partial charge in [0.25, 0.3) is 5.89 Å². The largest absolute Gasteiger partial charge is 0.464 e. The van der Waals surface area contributed by atoms with Crippen molar-refractivity contribution in [3.05, 3.63) is 83.9 Å². The maximum atomic E-state index is 12.6. The van der Waals surface area contributed by atoms with Crippen LogP contribution >= 0.6 is 0 Å². The molecule has 31 heavy (non-hydrogen) atoms. The van der Waals surface area contributed by atoms with Gasteiger partial charge in [0.2, 0.25) is 5.89 Å². The summed E-state index contributed by atoms with van der Waals surface area (Å²) in [5, 5.41) is 11.2. The second-order valence-corrected chi connectivity index (χ2v) is 7.54. The fraction of sp³-hybridized carbons (Fsp3) is 0.160. The van der Waals surface area contributed by atoms with Gasteiger partial charge in [-0.2, -0.15) is 0 Å². The van der Waals surface area contributed by atoms with E-state index < -0.39 is 12.1 Å². The normalized spacial score (nSPS) is 12.3. The van der Waals surface area contributed by atoms with Gasteiger partial charge in [0.1, 0.15) is 5.58 Å². The molecule has 0 radical (unpaired) electrons. The van der Waals surface area contributed by atoms with Crippen molar-refractivity contribution in [1.29, 1.82) is 0 Å². The van der Waals surface area contributed by atoms with Crippen LogP contribution in [-0.4, -0.2) is 16.2 Å². The van der Waals surface area contributed by atoms with E-state index in [9.17, 15) is 4.79 Å². The fourth-order valence-corrected chi connectivity index (χ4v) is 3.66. The van der Waals surface area contributed by atoms with E-state index in [2.05, 4.69) is 10.2 Å². The summed E-state index contributed by atoms with van der Waals surface area (Å²) >= 11 is 0. The average molecular weight is 412 g/mol. The number of nitrogens with zero attached hydrogens (tertiary/aromatic N) is 2. The minimum absolute atomic E-state index is 0.0876. The summed E-state index contributed by atoms with van der Waals surface area (Å²) < 4.78 is 16.9. The Morgan fingerprint density at radius 2 is 1.84 bits per heavy atom. The third-order valence-corrected chi connectivity index (χ3v) is 5.27. The smallest absolute Gasteiger partial charge is 0.311 e. The summed E-state index contributed by atoms with van der Waals surface area (Å²) in [6.45, 7) is 3.73. The quantitative estimate of drug-likeness (QED) is 0.340. The van der Waals surface area contributed by atoms with Crippen molar-refractivity contribution in [2.75, 3.05) is 0 Å². The highest BCUT2D eigenvalue weighted by Gasteiger charge is 2.21. The van der Waals surface area contributed by atoms with Crippen LogP contribution in [0.4, 0.5) is 0 Å². The summed E-state index contributed by atoms with van der Waals surface area (Å²) in [7, 11) is 0. The lowest BCUT2D eigenvalue weighted by atomic mass is 10.0. The number of fused-ring (bicyclic) bond motifs is 3. The lowest BCUT2D eigenvalue weighted by Crippen LogP contribution is -2.11. The van der Waals surface area contributed by atoms with Crippen LogP contribution in [-0.2, 0) is 16.0 Å². The van der Waals surface area contributed by atoms with Crippen molar-refractivity contribution in [3.63, 3.8) is 0 Å². The van der Waals surface area contributed by atoms with Gasteiger partial charge in [-0.05, 0) is 42.8 Å². The van der Waals surface area contributed by atoms with E-state index >= 15 is 0 Å². The molecule has 0 amide bonds. The first-order valence-electron chi connectivity index (χ1n) is 10.1. The number of rotatable bonds is 5. The molecular formula is C25H20N2O4. The van der Waals surface area contributed by atoms with Crippen molar-refractivity contribution in [3.8, 4) is 11.5 Å². The Balaban J connectivity index is 1.33. The molecule has 0 aliphatic heterocycles. The van der Waals surface area contributed by atoms with Crippen LogP contribution in [0.15, 0.2) is 75.8 Å². The molecule has 0 saturated carbocycles. The van der Waals surface area contributed by atoms with Crippen molar-refractivity contribution < 1.29 is 18.4 Å². The molecule has 2 aromatic heterocycles. The third kappa shape index (κ3) is 3.68. The van der Waals surface area contributed by atoms with Gasteiger partial charge >= 0.3 is 5.97 Å². The first-order chi connectivity index (χ1) is 15.1. The van der Waals surface area contributed by atoms with Crippen LogP contribution < -0.4 is 0 Å². The monoisotopic (exact) mass is 412 g/mol. The number of aromatic nitrogens is 2. The molecule has 0 fully saturated rings. The number of carbonyl (C=O) groups is 1. The molecule has 1 atom stereocenters. The Bertz CT molecular complexity index is 1380. The summed E-state index contributed by atoms with van der Waals surface area (Å²) in [5.74, 6) is 0.259. The summed E-state index contributed by atoms with van der Waals surface area (Å²) in [6.07, 6.45) is 1.05. The average Bonchev–Trinajstić information content (AvgIpc) is 3.42. The highest BCUT2D eigenvalue weighted by atomic mass is 16.6. The third-order valence-electron chi connectivity index (χ3n) is 5.27. The summed E-state index contributed by atoms with van der Waals surface area (Å²) in [5.41, 5.74) is 3.49. The second kappa shape index (κ2) is 7.72. The van der Waals surface area contributed by atoms with Crippen molar-refractivity contribution in [2.24, 2.45) is 0 Å². The number of hydrogen-bond acceptors (Lipinski definition) is 6. The molecule has 3 aromatic carbocycles. The van der Waals surface area contributed by atoms with E-state index in [1.807, 2.05) is 67.6 Å². The Morgan fingerprint density at radius 3 is 2.68 bits per heavy atom. The van der Waals surface area contributed by atoms with Gasteiger partial charge in [-0.1, -0.05) is 48.0 Å². The zero-order chi connectivity index (χ0) is 21.4. The molecule has 0 bridgehead atoms. The van der Waals surface area contributed by atoms with Crippen LogP contribution in [0.1, 0.15) is 30.0 Å². The fourth-order valence-electron chi connectivity index (χ4n) is 3.66. The number of carbonyl (C=O) groups excluding carboxylic acids is 1. The highest BCUT2D eigenvalue weighted by Crippen LogP contribution is 2.31. The van der Waals surface area contributed by atoms with Crippen molar-refractivity contribution in [2.45, 2.75) is 26.4 Å². The topological polar surface area (TPSA) is 78.4 Å². The number of furan rings is 1. The van der Waals surface area contributed by atoms with Crippen molar-refractivity contribution in [1.82, 2.24) is 10.2 Å². The number of hydrogen-bond donors (Lipinski definition) is 0. The zero-order valence-electron chi connectivity index (χ0n) is 17.2. The first-order valence-corrected chi connectivity index (χ1v) is 10.1. The lowest BCUT2D eigenvalue weighted by Gasteiger charge is -2.09. The number of aryl methyl sites for hydroxylation is 1. The van der Waals surface area contributed by atoms with E-state index in [-0.39, 0.29) is 12.3 Å². The predicted molar refractivity (Wildman–Crippen MR) is 116 cm³/mol. The molecule has 0 N–H and O–H groups in total. The standard InChI is InChI=1S/C25H20N2O4/c1-15-7-9-18(10-8-15)25-27-26-24(31-25)16(2)30-22(28)13-19-14-29-21-12-11-17-5-3-4-6-20(17)23(19)21/h3-12,14,16H,13H2,1-2H3. The maximum Gasteiger partial charge on any atom is 0.311 e.